The smallest absolute Gasteiger partial charge is 0.0399 e. The van der Waals surface area contributed by atoms with Crippen LogP contribution in [0.5, 0.6) is 0 Å². The molecule has 1 fully saturated rings. The van der Waals surface area contributed by atoms with Crippen molar-refractivity contribution in [3.63, 3.8) is 0 Å². The lowest BCUT2D eigenvalue weighted by Gasteiger charge is -2.44. The van der Waals surface area contributed by atoms with Gasteiger partial charge >= 0.3 is 0 Å². The van der Waals surface area contributed by atoms with Crippen molar-refractivity contribution in [3.05, 3.63) is 29.3 Å². The van der Waals surface area contributed by atoms with Gasteiger partial charge in [0.25, 0.3) is 0 Å². The van der Waals surface area contributed by atoms with E-state index < -0.39 is 0 Å². The molecule has 0 unspecified atom stereocenters. The van der Waals surface area contributed by atoms with E-state index >= 15 is 0 Å². The molecule has 0 aromatic heterocycles. The Morgan fingerprint density at radius 3 is 2.37 bits per heavy atom. The minimum Gasteiger partial charge on any atom is -0.366 e. The summed E-state index contributed by atoms with van der Waals surface area (Å²) in [7, 11) is 2.23. The van der Waals surface area contributed by atoms with Crippen LogP contribution in [0.2, 0.25) is 0 Å². The molecule has 0 saturated carbocycles. The number of aryl methyl sites for hydroxylation is 1. The fourth-order valence-electron chi connectivity index (χ4n) is 3.00. The van der Waals surface area contributed by atoms with E-state index in [1.165, 1.54) is 16.8 Å². The predicted octanol–water partition coefficient (Wildman–Crippen LogP) is 3.65. The quantitative estimate of drug-likeness (QED) is 0.801. The third-order valence-corrected chi connectivity index (χ3v) is 4.49. The Bertz CT molecular complexity index is 439. The molecular formula is C17H28N2. The number of nitrogens with zero attached hydrogens (tertiary/aromatic N) is 2. The minimum atomic E-state index is 0.588. The average molecular weight is 260 g/mol. The Kier molecular flexibility index (Phi) is 4.19. The number of piperazine rings is 1. The highest BCUT2D eigenvalue weighted by molar-refractivity contribution is 5.56. The third-order valence-electron chi connectivity index (χ3n) is 4.49. The largest absolute Gasteiger partial charge is 0.366 e. The molecule has 0 spiro atoms. The summed E-state index contributed by atoms with van der Waals surface area (Å²) >= 11 is 0. The lowest BCUT2D eigenvalue weighted by atomic mass is 9.98. The number of likely N-dealkylation sites (N-methyl/N-ethyl adjacent to an activating group) is 1. The van der Waals surface area contributed by atoms with Crippen LogP contribution < -0.4 is 4.90 Å². The standard InChI is InChI=1S/C17H28N2/c1-12(2)16-7-8-17(13(3)9-16)19-11-14(4)18(6)10-15(19)5/h7-9,12,14-15H,10-11H2,1-6H3/t14-,15+/m0/s1. The Morgan fingerprint density at radius 1 is 1.11 bits per heavy atom. The lowest BCUT2D eigenvalue weighted by Crippen LogP contribution is -2.55. The Labute approximate surface area is 118 Å². The van der Waals surface area contributed by atoms with Gasteiger partial charge in [-0.05, 0) is 50.9 Å². The van der Waals surface area contributed by atoms with Crippen molar-refractivity contribution in [2.24, 2.45) is 0 Å². The van der Waals surface area contributed by atoms with Gasteiger partial charge in [-0.25, -0.2) is 0 Å². The van der Waals surface area contributed by atoms with Crippen LogP contribution >= 0.6 is 0 Å². The van der Waals surface area contributed by atoms with Crippen LogP contribution in [0.3, 0.4) is 0 Å². The van der Waals surface area contributed by atoms with Crippen LogP contribution in [0.1, 0.15) is 44.7 Å². The first-order valence-electron chi connectivity index (χ1n) is 7.47. The second-order valence-corrected chi connectivity index (χ2v) is 6.49. The summed E-state index contributed by atoms with van der Waals surface area (Å²) < 4.78 is 0. The van der Waals surface area contributed by atoms with Gasteiger partial charge in [0.1, 0.15) is 0 Å². The molecule has 106 valence electrons. The van der Waals surface area contributed by atoms with Crippen molar-refractivity contribution in [1.29, 1.82) is 0 Å². The normalized spacial score (nSPS) is 25.1. The first-order chi connectivity index (χ1) is 8.90. The first-order valence-corrected chi connectivity index (χ1v) is 7.47. The maximum absolute atomic E-state index is 2.57. The summed E-state index contributed by atoms with van der Waals surface area (Å²) in [5, 5.41) is 0. The fraction of sp³-hybridized carbons (Fsp3) is 0.647. The Balaban J connectivity index is 2.26. The fourth-order valence-corrected chi connectivity index (χ4v) is 3.00. The van der Waals surface area contributed by atoms with Gasteiger partial charge in [-0.3, -0.25) is 4.90 Å². The lowest BCUT2D eigenvalue weighted by molar-refractivity contribution is 0.205. The molecule has 1 aliphatic heterocycles. The maximum atomic E-state index is 2.57. The zero-order valence-corrected chi connectivity index (χ0v) is 13.3. The molecule has 2 nitrogen and oxygen atoms in total. The van der Waals surface area contributed by atoms with Crippen molar-refractivity contribution >= 4 is 5.69 Å². The molecule has 0 radical (unpaired) electrons. The van der Waals surface area contributed by atoms with Crippen molar-refractivity contribution in [2.45, 2.75) is 52.6 Å². The molecule has 0 aliphatic carbocycles. The highest BCUT2D eigenvalue weighted by Crippen LogP contribution is 2.28. The topological polar surface area (TPSA) is 6.48 Å². The SMILES string of the molecule is Cc1cc(C(C)C)ccc1N1C[C@H](C)N(C)C[C@H]1C. The van der Waals surface area contributed by atoms with E-state index in [2.05, 4.69) is 69.7 Å². The Hall–Kier alpha value is -1.02. The van der Waals surface area contributed by atoms with Crippen LogP contribution in [0.15, 0.2) is 18.2 Å². The summed E-state index contributed by atoms with van der Waals surface area (Å²) in [6.07, 6.45) is 0. The summed E-state index contributed by atoms with van der Waals surface area (Å²) in [4.78, 5) is 5.03. The second-order valence-electron chi connectivity index (χ2n) is 6.49. The summed E-state index contributed by atoms with van der Waals surface area (Å²) in [6, 6.07) is 8.18. The van der Waals surface area contributed by atoms with Gasteiger partial charge in [-0.1, -0.05) is 26.0 Å². The van der Waals surface area contributed by atoms with Gasteiger partial charge < -0.3 is 4.90 Å². The van der Waals surface area contributed by atoms with Gasteiger partial charge in [0, 0.05) is 30.9 Å². The molecule has 2 atom stereocenters. The van der Waals surface area contributed by atoms with Crippen LogP contribution in [0.4, 0.5) is 5.69 Å². The van der Waals surface area contributed by atoms with Crippen molar-refractivity contribution in [3.8, 4) is 0 Å². The zero-order chi connectivity index (χ0) is 14.2. The van der Waals surface area contributed by atoms with Crippen molar-refractivity contribution in [2.75, 3.05) is 25.0 Å². The molecule has 1 aromatic rings. The predicted molar refractivity (Wildman–Crippen MR) is 84.2 cm³/mol. The number of anilines is 1. The van der Waals surface area contributed by atoms with Crippen molar-refractivity contribution < 1.29 is 0 Å². The summed E-state index contributed by atoms with van der Waals surface area (Å²) in [5.41, 5.74) is 4.27. The molecule has 1 saturated heterocycles. The summed E-state index contributed by atoms with van der Waals surface area (Å²) in [5.74, 6) is 0.608. The number of rotatable bonds is 2. The van der Waals surface area contributed by atoms with Crippen LogP contribution in [-0.4, -0.2) is 37.1 Å². The zero-order valence-electron chi connectivity index (χ0n) is 13.3. The van der Waals surface area contributed by atoms with Gasteiger partial charge in [-0.15, -0.1) is 0 Å². The average Bonchev–Trinajstić information content (AvgIpc) is 2.34. The van der Waals surface area contributed by atoms with Crippen LogP contribution in [0.25, 0.3) is 0 Å². The molecule has 0 amide bonds. The minimum absolute atomic E-state index is 0.588. The number of benzene rings is 1. The third kappa shape index (κ3) is 2.94. The Morgan fingerprint density at radius 2 is 1.79 bits per heavy atom. The monoisotopic (exact) mass is 260 g/mol. The van der Waals surface area contributed by atoms with E-state index in [-0.39, 0.29) is 0 Å². The van der Waals surface area contributed by atoms with E-state index in [0.717, 1.165) is 13.1 Å². The molecule has 0 N–H and O–H groups in total. The molecule has 1 heterocycles. The van der Waals surface area contributed by atoms with Gasteiger partial charge in [0.05, 0.1) is 0 Å². The molecule has 1 aromatic carbocycles. The van der Waals surface area contributed by atoms with Gasteiger partial charge in [-0.2, -0.15) is 0 Å². The first kappa shape index (κ1) is 14.4. The van der Waals surface area contributed by atoms with E-state index in [0.29, 0.717) is 18.0 Å². The summed E-state index contributed by atoms with van der Waals surface area (Å²) in [6.45, 7) is 13.7. The number of hydrogen-bond donors (Lipinski definition) is 0. The van der Waals surface area contributed by atoms with E-state index in [1.54, 1.807) is 0 Å². The van der Waals surface area contributed by atoms with Gasteiger partial charge in [0.15, 0.2) is 0 Å². The van der Waals surface area contributed by atoms with Crippen molar-refractivity contribution in [1.82, 2.24) is 4.90 Å². The maximum Gasteiger partial charge on any atom is 0.0399 e. The highest BCUT2D eigenvalue weighted by Gasteiger charge is 2.27. The van der Waals surface area contributed by atoms with Crippen LogP contribution in [0, 0.1) is 6.92 Å². The molecule has 19 heavy (non-hydrogen) atoms. The van der Waals surface area contributed by atoms with Gasteiger partial charge in [0.2, 0.25) is 0 Å². The second kappa shape index (κ2) is 5.54. The molecule has 1 aliphatic rings. The molecule has 2 heteroatoms. The number of hydrogen-bond acceptors (Lipinski definition) is 2. The molecular weight excluding hydrogens is 232 g/mol. The molecule has 0 bridgehead atoms. The van der Waals surface area contributed by atoms with E-state index in [9.17, 15) is 0 Å². The molecule has 2 rings (SSSR count). The van der Waals surface area contributed by atoms with E-state index in [1.807, 2.05) is 0 Å². The highest BCUT2D eigenvalue weighted by atomic mass is 15.3. The van der Waals surface area contributed by atoms with E-state index in [4.69, 9.17) is 0 Å². The van der Waals surface area contributed by atoms with Crippen LogP contribution in [-0.2, 0) is 0 Å².